The Kier molecular flexibility index (Phi) is 3.20. The Bertz CT molecular complexity index is 404. The molecule has 0 spiro atoms. The number of likely N-dealkylation sites (tertiary alicyclic amines) is 1. The van der Waals surface area contributed by atoms with Crippen LogP contribution < -0.4 is 0 Å². The maximum atomic E-state index is 11.3. The zero-order chi connectivity index (χ0) is 12.5. The molecule has 0 radical (unpaired) electrons. The van der Waals surface area contributed by atoms with Gasteiger partial charge in [0.15, 0.2) is 0 Å². The average Bonchev–Trinajstić information content (AvgIpc) is 2.57. The highest BCUT2D eigenvalue weighted by atomic mass is 16.4. The van der Waals surface area contributed by atoms with Crippen molar-refractivity contribution in [1.82, 2.24) is 4.90 Å². The third-order valence-corrected chi connectivity index (χ3v) is 3.91. The van der Waals surface area contributed by atoms with Crippen molar-refractivity contribution in [2.75, 3.05) is 13.1 Å². The molecule has 1 N–H and O–H groups in total. The lowest BCUT2D eigenvalue weighted by molar-refractivity contribution is -0.149. The van der Waals surface area contributed by atoms with Gasteiger partial charge in [-0.2, -0.15) is 0 Å². The van der Waals surface area contributed by atoms with Crippen LogP contribution in [0.5, 0.6) is 0 Å². The standard InChI is InChI=1S/C14H19NO2/c1-11-8-15(10-14(11,2)13(16)17)9-12-6-4-3-5-7-12/h3-7,11H,8-10H2,1-2H3,(H,16,17)/t11-,14+/m1/s1. The maximum absolute atomic E-state index is 11.3. The molecule has 0 aliphatic carbocycles. The van der Waals surface area contributed by atoms with Crippen molar-refractivity contribution in [2.45, 2.75) is 20.4 Å². The molecule has 2 rings (SSSR count). The van der Waals surface area contributed by atoms with Crippen molar-refractivity contribution in [1.29, 1.82) is 0 Å². The van der Waals surface area contributed by atoms with E-state index in [0.29, 0.717) is 6.54 Å². The topological polar surface area (TPSA) is 40.5 Å². The van der Waals surface area contributed by atoms with Crippen LogP contribution in [0.15, 0.2) is 30.3 Å². The number of carboxylic acids is 1. The summed E-state index contributed by atoms with van der Waals surface area (Å²) in [7, 11) is 0. The molecule has 0 unspecified atom stereocenters. The second-order valence-electron chi connectivity index (χ2n) is 5.28. The molecule has 92 valence electrons. The molecule has 1 aliphatic rings. The van der Waals surface area contributed by atoms with E-state index in [1.807, 2.05) is 32.0 Å². The first-order valence-electron chi connectivity index (χ1n) is 6.02. The minimum absolute atomic E-state index is 0.198. The molecule has 2 atom stereocenters. The summed E-state index contributed by atoms with van der Waals surface area (Å²) in [5.74, 6) is -0.482. The number of carbonyl (C=O) groups is 1. The minimum Gasteiger partial charge on any atom is -0.481 e. The molecular weight excluding hydrogens is 214 g/mol. The van der Waals surface area contributed by atoms with E-state index in [-0.39, 0.29) is 5.92 Å². The van der Waals surface area contributed by atoms with Crippen LogP contribution in [0, 0.1) is 11.3 Å². The summed E-state index contributed by atoms with van der Waals surface area (Å²) in [4.78, 5) is 13.5. The molecule has 0 amide bonds. The molecular formula is C14H19NO2. The van der Waals surface area contributed by atoms with Crippen molar-refractivity contribution in [3.63, 3.8) is 0 Å². The van der Waals surface area contributed by atoms with Crippen LogP contribution in [-0.2, 0) is 11.3 Å². The van der Waals surface area contributed by atoms with E-state index in [1.165, 1.54) is 5.56 Å². The van der Waals surface area contributed by atoms with E-state index >= 15 is 0 Å². The summed E-state index contributed by atoms with van der Waals surface area (Å²) in [6.45, 7) is 6.22. The van der Waals surface area contributed by atoms with Crippen LogP contribution >= 0.6 is 0 Å². The summed E-state index contributed by atoms with van der Waals surface area (Å²) in [6, 6.07) is 10.2. The first-order chi connectivity index (χ1) is 8.02. The zero-order valence-corrected chi connectivity index (χ0v) is 10.4. The molecule has 1 fully saturated rings. The molecule has 3 heteroatoms. The number of benzene rings is 1. The van der Waals surface area contributed by atoms with Gasteiger partial charge in [0.2, 0.25) is 0 Å². The lowest BCUT2D eigenvalue weighted by Crippen LogP contribution is -2.34. The number of hydrogen-bond acceptors (Lipinski definition) is 2. The molecule has 0 bridgehead atoms. The van der Waals surface area contributed by atoms with Crippen LogP contribution in [0.25, 0.3) is 0 Å². The fourth-order valence-corrected chi connectivity index (χ4v) is 2.51. The van der Waals surface area contributed by atoms with Gasteiger partial charge in [0.05, 0.1) is 5.41 Å². The SMILES string of the molecule is C[C@@H]1CN(Cc2ccccc2)C[C@]1(C)C(=O)O. The lowest BCUT2D eigenvalue weighted by Gasteiger charge is -2.22. The van der Waals surface area contributed by atoms with Crippen LogP contribution in [0.4, 0.5) is 0 Å². The van der Waals surface area contributed by atoms with Crippen LogP contribution in [-0.4, -0.2) is 29.1 Å². The van der Waals surface area contributed by atoms with Gasteiger partial charge in [-0.3, -0.25) is 9.69 Å². The number of rotatable bonds is 3. The van der Waals surface area contributed by atoms with Gasteiger partial charge in [-0.25, -0.2) is 0 Å². The zero-order valence-electron chi connectivity index (χ0n) is 10.4. The summed E-state index contributed by atoms with van der Waals surface area (Å²) < 4.78 is 0. The number of hydrogen-bond donors (Lipinski definition) is 1. The van der Waals surface area contributed by atoms with Gasteiger partial charge in [-0.15, -0.1) is 0 Å². The van der Waals surface area contributed by atoms with Gasteiger partial charge in [0.1, 0.15) is 0 Å². The Balaban J connectivity index is 2.05. The van der Waals surface area contributed by atoms with Crippen molar-refractivity contribution in [3.8, 4) is 0 Å². The highest BCUT2D eigenvalue weighted by Gasteiger charge is 2.46. The second kappa shape index (κ2) is 4.49. The highest BCUT2D eigenvalue weighted by Crippen LogP contribution is 2.36. The molecule has 1 aromatic carbocycles. The van der Waals surface area contributed by atoms with Crippen molar-refractivity contribution >= 4 is 5.97 Å². The molecule has 17 heavy (non-hydrogen) atoms. The van der Waals surface area contributed by atoms with Gasteiger partial charge < -0.3 is 5.11 Å². The Hall–Kier alpha value is -1.35. The van der Waals surface area contributed by atoms with Gasteiger partial charge in [0.25, 0.3) is 0 Å². The Morgan fingerprint density at radius 2 is 2.12 bits per heavy atom. The molecule has 3 nitrogen and oxygen atoms in total. The van der Waals surface area contributed by atoms with E-state index in [9.17, 15) is 9.90 Å². The number of carboxylic acid groups (broad SMARTS) is 1. The van der Waals surface area contributed by atoms with Gasteiger partial charge in [0, 0.05) is 19.6 Å². The van der Waals surface area contributed by atoms with Gasteiger partial charge in [-0.05, 0) is 18.4 Å². The van der Waals surface area contributed by atoms with E-state index in [1.54, 1.807) is 0 Å². The van der Waals surface area contributed by atoms with E-state index in [4.69, 9.17) is 0 Å². The van der Waals surface area contributed by atoms with Gasteiger partial charge >= 0.3 is 5.97 Å². The number of nitrogens with zero attached hydrogens (tertiary/aromatic N) is 1. The third-order valence-electron chi connectivity index (χ3n) is 3.91. The molecule has 1 heterocycles. The Morgan fingerprint density at radius 3 is 2.65 bits per heavy atom. The van der Waals surface area contributed by atoms with Gasteiger partial charge in [-0.1, -0.05) is 37.3 Å². The van der Waals surface area contributed by atoms with E-state index in [2.05, 4.69) is 17.0 Å². The molecule has 0 aromatic heterocycles. The lowest BCUT2D eigenvalue weighted by atomic mass is 9.81. The molecule has 0 saturated carbocycles. The normalized spacial score (nSPS) is 29.4. The smallest absolute Gasteiger partial charge is 0.310 e. The Morgan fingerprint density at radius 1 is 1.47 bits per heavy atom. The van der Waals surface area contributed by atoms with Crippen molar-refractivity contribution in [3.05, 3.63) is 35.9 Å². The third kappa shape index (κ3) is 2.34. The summed E-state index contributed by atoms with van der Waals surface area (Å²) in [6.07, 6.45) is 0. The number of aliphatic carboxylic acids is 1. The summed E-state index contributed by atoms with van der Waals surface area (Å²) in [5.41, 5.74) is 0.642. The molecule has 1 saturated heterocycles. The minimum atomic E-state index is -0.680. The fourth-order valence-electron chi connectivity index (χ4n) is 2.51. The van der Waals surface area contributed by atoms with E-state index < -0.39 is 11.4 Å². The summed E-state index contributed by atoms with van der Waals surface area (Å²) >= 11 is 0. The largest absolute Gasteiger partial charge is 0.481 e. The van der Waals surface area contributed by atoms with Crippen molar-refractivity contribution < 1.29 is 9.90 Å². The quantitative estimate of drug-likeness (QED) is 0.870. The van der Waals surface area contributed by atoms with Crippen molar-refractivity contribution in [2.24, 2.45) is 11.3 Å². The van der Waals surface area contributed by atoms with E-state index in [0.717, 1.165) is 13.1 Å². The molecule has 1 aliphatic heterocycles. The monoisotopic (exact) mass is 233 g/mol. The van der Waals surface area contributed by atoms with Crippen LogP contribution in [0.1, 0.15) is 19.4 Å². The average molecular weight is 233 g/mol. The highest BCUT2D eigenvalue weighted by molar-refractivity contribution is 5.75. The van der Waals surface area contributed by atoms with Crippen LogP contribution in [0.3, 0.4) is 0 Å². The van der Waals surface area contributed by atoms with Crippen LogP contribution in [0.2, 0.25) is 0 Å². The second-order valence-corrected chi connectivity index (χ2v) is 5.28. The summed E-state index contributed by atoms with van der Waals surface area (Å²) in [5, 5.41) is 9.30. The first kappa shape index (κ1) is 12.1. The fraction of sp³-hybridized carbons (Fsp3) is 0.500. The predicted octanol–water partition coefficient (Wildman–Crippen LogP) is 2.23. The first-order valence-corrected chi connectivity index (χ1v) is 6.02. The maximum Gasteiger partial charge on any atom is 0.310 e. The Labute approximate surface area is 102 Å². The predicted molar refractivity (Wildman–Crippen MR) is 66.6 cm³/mol. The molecule has 1 aromatic rings.